The molecule has 0 radical (unpaired) electrons. The zero-order chi connectivity index (χ0) is 43.4. The lowest BCUT2D eigenvalue weighted by Crippen LogP contribution is -2.40. The van der Waals surface area contributed by atoms with Gasteiger partial charge < -0.3 is 29.7 Å². The maximum Gasteiger partial charge on any atom is 0.416 e. The molecule has 2 amide bonds. The highest BCUT2D eigenvalue weighted by Crippen LogP contribution is 2.39. The van der Waals surface area contributed by atoms with Crippen LogP contribution < -0.4 is 14.8 Å². The number of carbonyl (C=O) groups is 2. The molecule has 0 aromatic heterocycles. The third kappa shape index (κ3) is 14.0. The molecule has 4 aromatic rings. The first-order chi connectivity index (χ1) is 27.1. The molecule has 2 N–H and O–H groups in total. The van der Waals surface area contributed by atoms with Gasteiger partial charge in [0.1, 0.15) is 11.5 Å². The molecule has 58 heavy (non-hydrogen) atoms. The van der Waals surface area contributed by atoms with Crippen LogP contribution in [-0.4, -0.2) is 67.1 Å². The lowest BCUT2D eigenvalue weighted by atomic mass is 10.1. The Morgan fingerprint density at radius 3 is 1.88 bits per heavy atom. The molecule has 0 aliphatic carbocycles. The molecule has 0 spiro atoms. The van der Waals surface area contributed by atoms with Crippen molar-refractivity contribution in [2.45, 2.75) is 52.3 Å². The minimum Gasteiger partial charge on any atom is -0.490 e. The zero-order valence-corrected chi connectivity index (χ0v) is 32.3. The lowest BCUT2D eigenvalue weighted by molar-refractivity contribution is -0.143. The Balaban J connectivity index is 0.000000304. The number of benzene rings is 4. The largest absolute Gasteiger partial charge is 0.490 e. The fourth-order valence-corrected chi connectivity index (χ4v) is 5.52. The van der Waals surface area contributed by atoms with Crippen LogP contribution in [0.4, 0.5) is 45.2 Å². The van der Waals surface area contributed by atoms with Gasteiger partial charge in [-0.2, -0.15) is 39.5 Å². The maximum atomic E-state index is 12.9. The van der Waals surface area contributed by atoms with E-state index < -0.39 is 46.9 Å². The van der Waals surface area contributed by atoms with E-state index in [1.54, 1.807) is 35.2 Å². The van der Waals surface area contributed by atoms with Gasteiger partial charge in [-0.15, -0.1) is 0 Å². The highest BCUT2D eigenvalue weighted by Gasteiger charge is 2.37. The van der Waals surface area contributed by atoms with Gasteiger partial charge in [0.15, 0.2) is 5.75 Å². The summed E-state index contributed by atoms with van der Waals surface area (Å²) < 4.78 is 126. The predicted molar refractivity (Wildman–Crippen MR) is 200 cm³/mol. The Morgan fingerprint density at radius 1 is 0.810 bits per heavy atom. The second-order valence-electron chi connectivity index (χ2n) is 13.2. The van der Waals surface area contributed by atoms with Crippen molar-refractivity contribution in [2.75, 3.05) is 45.7 Å². The number of hydrogen-bond donors (Lipinski definition) is 2. The van der Waals surface area contributed by atoms with E-state index in [9.17, 15) is 54.2 Å². The van der Waals surface area contributed by atoms with Crippen molar-refractivity contribution in [1.82, 2.24) is 9.80 Å². The number of fused-ring (bicyclic) bond motifs is 1. The van der Waals surface area contributed by atoms with Crippen molar-refractivity contribution >= 4 is 17.5 Å². The normalized spacial score (nSPS) is 14.4. The Hall–Kier alpha value is -5.29. The van der Waals surface area contributed by atoms with Gasteiger partial charge in [0.25, 0.3) is 5.91 Å². The SMILES string of the molecule is CC.CN(C)Cc1ccc(Oc2cc(C(F)(F)F)cc(C(F)(F)F)c2)cc1.C[C@H]1COc2c(NC(=O)Cc3ccc(C(F)(F)F)cc3)cccc2C(=O)N(CCO)C1. The summed E-state index contributed by atoms with van der Waals surface area (Å²) in [7, 11) is 3.73. The van der Waals surface area contributed by atoms with E-state index in [1.165, 1.54) is 24.3 Å². The van der Waals surface area contributed by atoms with Crippen molar-refractivity contribution in [1.29, 1.82) is 0 Å². The fourth-order valence-electron chi connectivity index (χ4n) is 5.52. The number of aliphatic hydroxyl groups excluding tert-OH is 1. The summed E-state index contributed by atoms with van der Waals surface area (Å²) >= 11 is 0. The molecule has 4 aromatic carbocycles. The highest BCUT2D eigenvalue weighted by atomic mass is 19.4. The molecule has 0 unspecified atom stereocenters. The lowest BCUT2D eigenvalue weighted by Gasteiger charge is -2.30. The molecular formula is C41H44F9N3O5. The minimum atomic E-state index is -4.91. The van der Waals surface area contributed by atoms with Crippen molar-refractivity contribution in [3.8, 4) is 17.2 Å². The van der Waals surface area contributed by atoms with E-state index in [1.807, 2.05) is 39.8 Å². The molecule has 5 rings (SSSR count). The second kappa shape index (κ2) is 20.4. The number of alkyl halides is 9. The number of ether oxygens (including phenoxy) is 2. The number of halogens is 9. The Kier molecular flexibility index (Phi) is 16.6. The predicted octanol–water partition coefficient (Wildman–Crippen LogP) is 9.95. The van der Waals surface area contributed by atoms with Gasteiger partial charge in [-0.3, -0.25) is 9.59 Å². The molecule has 1 atom stereocenters. The van der Waals surface area contributed by atoms with Gasteiger partial charge in [0.05, 0.1) is 47.6 Å². The van der Waals surface area contributed by atoms with E-state index in [4.69, 9.17) is 9.47 Å². The van der Waals surface area contributed by atoms with Gasteiger partial charge >= 0.3 is 18.5 Å². The van der Waals surface area contributed by atoms with E-state index >= 15 is 0 Å². The molecule has 1 aliphatic rings. The summed E-state index contributed by atoms with van der Waals surface area (Å²) in [4.78, 5) is 28.9. The summed E-state index contributed by atoms with van der Waals surface area (Å²) in [5.41, 5.74) is -1.69. The number of β-amino-alcohol motifs (C(OH)–C–C–N with tert-alkyl or cyclic N) is 1. The number of carbonyl (C=O) groups excluding carboxylic acids is 2. The summed E-state index contributed by atoms with van der Waals surface area (Å²) in [5, 5.41) is 12.0. The van der Waals surface area contributed by atoms with Crippen LogP contribution in [0.15, 0.2) is 84.9 Å². The number of aliphatic hydroxyl groups is 1. The van der Waals surface area contributed by atoms with Crippen LogP contribution in [0, 0.1) is 5.92 Å². The van der Waals surface area contributed by atoms with Crippen molar-refractivity contribution in [3.05, 3.63) is 118 Å². The smallest absolute Gasteiger partial charge is 0.416 e. The van der Waals surface area contributed by atoms with Crippen LogP contribution in [-0.2, 0) is 36.3 Å². The van der Waals surface area contributed by atoms with Gasteiger partial charge in [-0.1, -0.05) is 51.1 Å². The van der Waals surface area contributed by atoms with E-state index in [-0.39, 0.29) is 54.5 Å². The molecule has 0 bridgehead atoms. The molecule has 0 fully saturated rings. The average Bonchev–Trinajstić information content (AvgIpc) is 3.14. The number of para-hydroxylation sites is 1. The van der Waals surface area contributed by atoms with Gasteiger partial charge in [-0.25, -0.2) is 0 Å². The molecule has 17 heteroatoms. The number of hydrogen-bond acceptors (Lipinski definition) is 6. The molecule has 0 saturated carbocycles. The van der Waals surface area contributed by atoms with Crippen LogP contribution in [0.3, 0.4) is 0 Å². The number of rotatable bonds is 9. The zero-order valence-electron chi connectivity index (χ0n) is 32.3. The highest BCUT2D eigenvalue weighted by molar-refractivity contribution is 6.01. The molecule has 1 aliphatic heterocycles. The topological polar surface area (TPSA) is 91.3 Å². The number of nitrogens with zero attached hydrogens (tertiary/aromatic N) is 2. The van der Waals surface area contributed by atoms with E-state index in [0.29, 0.717) is 43.1 Å². The van der Waals surface area contributed by atoms with Crippen LogP contribution in [0.25, 0.3) is 0 Å². The third-order valence-electron chi connectivity index (χ3n) is 8.09. The van der Waals surface area contributed by atoms with Gasteiger partial charge in [0, 0.05) is 25.6 Å². The first-order valence-electron chi connectivity index (χ1n) is 18.0. The summed E-state index contributed by atoms with van der Waals surface area (Å²) in [5.74, 6) is -0.888. The molecule has 0 saturated heterocycles. The summed E-state index contributed by atoms with van der Waals surface area (Å²) in [6, 6.07) is 16.7. The van der Waals surface area contributed by atoms with E-state index in [0.717, 1.165) is 17.7 Å². The number of nitrogens with one attached hydrogen (secondary N) is 1. The first-order valence-corrected chi connectivity index (χ1v) is 18.0. The Bertz CT molecular complexity index is 1920. The second-order valence-corrected chi connectivity index (χ2v) is 13.2. The number of amides is 2. The average molecular weight is 830 g/mol. The fraction of sp³-hybridized carbons (Fsp3) is 0.366. The minimum absolute atomic E-state index is 0.0135. The van der Waals surface area contributed by atoms with Gasteiger partial charge in [0.2, 0.25) is 5.91 Å². The molecule has 316 valence electrons. The maximum absolute atomic E-state index is 12.9. The Morgan fingerprint density at radius 2 is 1.36 bits per heavy atom. The third-order valence-corrected chi connectivity index (χ3v) is 8.09. The van der Waals surface area contributed by atoms with Crippen LogP contribution >= 0.6 is 0 Å². The molecule has 8 nitrogen and oxygen atoms in total. The summed E-state index contributed by atoms with van der Waals surface area (Å²) in [6.45, 7) is 7.32. The Labute approximate surface area is 330 Å². The number of anilines is 1. The van der Waals surface area contributed by atoms with Gasteiger partial charge in [-0.05, 0) is 79.8 Å². The van der Waals surface area contributed by atoms with Crippen LogP contribution in [0.5, 0.6) is 17.2 Å². The monoisotopic (exact) mass is 829 g/mol. The van der Waals surface area contributed by atoms with Crippen molar-refractivity contribution in [2.24, 2.45) is 5.92 Å². The van der Waals surface area contributed by atoms with Crippen molar-refractivity contribution < 1.29 is 63.7 Å². The van der Waals surface area contributed by atoms with Crippen molar-refractivity contribution in [3.63, 3.8) is 0 Å². The van der Waals surface area contributed by atoms with E-state index in [2.05, 4.69) is 5.32 Å². The quantitative estimate of drug-likeness (QED) is 0.163. The molecule has 1 heterocycles. The van der Waals surface area contributed by atoms with Crippen LogP contribution in [0.1, 0.15) is 58.9 Å². The molecular weight excluding hydrogens is 785 g/mol. The standard InChI is InChI=1S/C22H23F3N2O4.C17H15F6NO.C2H6/c1-14-12-27(9-10-28)21(30)17-3-2-4-18(20(17)31-13-14)26-19(29)11-15-5-7-16(8-6-15)22(23,24)25;1-24(2)10-11-3-5-14(6-4-11)25-15-8-12(16(18,19)20)7-13(9-15)17(21,22)23;1-2/h2-8,14,28H,9-13H2,1H3,(H,26,29);3-9H,10H2,1-2H3;1-2H3/t14-;;/m1../s1. The van der Waals surface area contributed by atoms with Crippen LogP contribution in [0.2, 0.25) is 0 Å². The summed E-state index contributed by atoms with van der Waals surface area (Å²) in [6.07, 6.45) is -14.4. The first kappa shape index (κ1) is 47.1.